The molecular weight excluding hydrogens is 426 g/mol. The second kappa shape index (κ2) is 8.05. The molecule has 1 aromatic rings. The highest BCUT2D eigenvalue weighted by Gasteiger charge is 2.62. The maximum absolute atomic E-state index is 12.9. The van der Waals surface area contributed by atoms with Crippen molar-refractivity contribution in [2.75, 3.05) is 11.9 Å². The number of carbonyl (C=O) groups excluding carboxylic acids is 2. The highest BCUT2D eigenvalue weighted by molar-refractivity contribution is 5.95. The second-order valence-corrected chi connectivity index (χ2v) is 8.66. The number of nitrogens with one attached hydrogen (secondary N) is 2. The largest absolute Gasteiger partial charge is 0.345 e. The normalized spacial score (nSPS) is 31.9. The average molecular weight is 451 g/mol. The number of rotatable bonds is 5. The van der Waals surface area contributed by atoms with Crippen LogP contribution in [0.25, 0.3) is 0 Å². The molecule has 2 amide bonds. The standard InChI is InChI=1S/C20H25N3O9/c1-19(2)29-13-14(30-19)16-18(32-20(3,4)31-16)28-15(13)17(25)21-9-12(24)22-10-6-5-7-11(8-10)23(26)27/h5-8,13-16,18H,9H2,1-4H3,(H,21,25)(H,22,24)/t13-,14+,15+,16-,18+/m1/s1. The number of nitro benzene ring substituents is 1. The zero-order valence-corrected chi connectivity index (χ0v) is 18.0. The topological polar surface area (TPSA) is 147 Å². The van der Waals surface area contributed by atoms with E-state index in [1.54, 1.807) is 27.7 Å². The minimum atomic E-state index is -1.09. The van der Waals surface area contributed by atoms with Crippen molar-refractivity contribution in [2.45, 2.75) is 70.0 Å². The Morgan fingerprint density at radius 2 is 1.69 bits per heavy atom. The van der Waals surface area contributed by atoms with Gasteiger partial charge in [-0.15, -0.1) is 0 Å². The number of non-ortho nitro benzene ring substituents is 1. The van der Waals surface area contributed by atoms with Gasteiger partial charge in [0.05, 0.1) is 11.5 Å². The number of hydrogen-bond donors (Lipinski definition) is 2. The van der Waals surface area contributed by atoms with Crippen molar-refractivity contribution in [2.24, 2.45) is 0 Å². The summed E-state index contributed by atoms with van der Waals surface area (Å²) in [5, 5.41) is 15.9. The summed E-state index contributed by atoms with van der Waals surface area (Å²) < 4.78 is 29.3. The van der Waals surface area contributed by atoms with Crippen molar-refractivity contribution < 1.29 is 38.2 Å². The summed E-state index contributed by atoms with van der Waals surface area (Å²) >= 11 is 0. The molecule has 3 aliphatic heterocycles. The predicted octanol–water partition coefficient (Wildman–Crippen LogP) is 1.05. The summed E-state index contributed by atoms with van der Waals surface area (Å²) in [6.07, 6.45) is -3.86. The fourth-order valence-corrected chi connectivity index (χ4v) is 3.99. The molecule has 0 bridgehead atoms. The van der Waals surface area contributed by atoms with E-state index in [2.05, 4.69) is 10.6 Å². The minimum absolute atomic E-state index is 0.161. The van der Waals surface area contributed by atoms with Crippen LogP contribution in [0, 0.1) is 10.1 Å². The Hall–Kier alpha value is -2.64. The molecular formula is C20H25N3O9. The fraction of sp³-hybridized carbons (Fsp3) is 0.600. The SMILES string of the molecule is CC1(C)O[C@H]2[C@@H](O1)[C@@H](C(=O)NCC(=O)Nc1cccc([N+](=O)[O-])c1)O[C@H]1OC(C)(C)O[C@@H]12. The monoisotopic (exact) mass is 451 g/mol. The van der Waals surface area contributed by atoms with Gasteiger partial charge in [-0.25, -0.2) is 0 Å². The van der Waals surface area contributed by atoms with Gasteiger partial charge < -0.3 is 34.3 Å². The van der Waals surface area contributed by atoms with Crippen molar-refractivity contribution in [1.29, 1.82) is 0 Å². The third-order valence-corrected chi connectivity index (χ3v) is 5.18. The molecule has 4 rings (SSSR count). The molecule has 0 unspecified atom stereocenters. The van der Waals surface area contributed by atoms with Gasteiger partial charge in [0.25, 0.3) is 11.6 Å². The number of amides is 2. The summed E-state index contributed by atoms with van der Waals surface area (Å²) in [5.41, 5.74) is 0.0778. The van der Waals surface area contributed by atoms with Crippen LogP contribution in [0.1, 0.15) is 27.7 Å². The van der Waals surface area contributed by atoms with E-state index in [0.29, 0.717) is 0 Å². The first-order chi connectivity index (χ1) is 14.9. The van der Waals surface area contributed by atoms with E-state index < -0.39 is 59.0 Å². The summed E-state index contributed by atoms with van der Waals surface area (Å²) in [4.78, 5) is 35.4. The van der Waals surface area contributed by atoms with Gasteiger partial charge in [-0.1, -0.05) is 6.07 Å². The van der Waals surface area contributed by atoms with E-state index in [-0.39, 0.29) is 17.9 Å². The van der Waals surface area contributed by atoms with Crippen molar-refractivity contribution in [3.05, 3.63) is 34.4 Å². The summed E-state index contributed by atoms with van der Waals surface area (Å²) in [5.74, 6) is -3.02. The molecule has 0 spiro atoms. The number of hydrogen-bond acceptors (Lipinski definition) is 9. The van der Waals surface area contributed by atoms with E-state index in [0.717, 1.165) is 0 Å². The Bertz CT molecular complexity index is 935. The summed E-state index contributed by atoms with van der Waals surface area (Å²) in [6, 6.07) is 5.48. The molecule has 3 saturated heterocycles. The van der Waals surface area contributed by atoms with E-state index in [1.165, 1.54) is 24.3 Å². The van der Waals surface area contributed by atoms with E-state index in [1.807, 2.05) is 0 Å². The maximum atomic E-state index is 12.9. The van der Waals surface area contributed by atoms with E-state index in [4.69, 9.17) is 23.7 Å². The number of nitrogens with zero attached hydrogens (tertiary/aromatic N) is 1. The lowest BCUT2D eigenvalue weighted by Gasteiger charge is -2.36. The highest BCUT2D eigenvalue weighted by Crippen LogP contribution is 2.44. The van der Waals surface area contributed by atoms with Gasteiger partial charge in [0.15, 0.2) is 24.0 Å². The van der Waals surface area contributed by atoms with Crippen LogP contribution >= 0.6 is 0 Å². The number of ether oxygens (including phenoxy) is 5. The average Bonchev–Trinajstić information content (AvgIpc) is 3.19. The zero-order valence-electron chi connectivity index (χ0n) is 18.0. The Morgan fingerprint density at radius 1 is 1.03 bits per heavy atom. The van der Waals surface area contributed by atoms with Crippen molar-refractivity contribution in [1.82, 2.24) is 5.32 Å². The molecule has 5 atom stereocenters. The van der Waals surface area contributed by atoms with E-state index >= 15 is 0 Å². The number of anilines is 1. The molecule has 0 saturated carbocycles. The maximum Gasteiger partial charge on any atom is 0.271 e. The number of benzene rings is 1. The lowest BCUT2D eigenvalue weighted by Crippen LogP contribution is -2.59. The third kappa shape index (κ3) is 4.59. The van der Waals surface area contributed by atoms with Crippen LogP contribution < -0.4 is 10.6 Å². The van der Waals surface area contributed by atoms with Crippen LogP contribution in [0.15, 0.2) is 24.3 Å². The molecule has 3 fully saturated rings. The third-order valence-electron chi connectivity index (χ3n) is 5.18. The first kappa shape index (κ1) is 22.6. The lowest BCUT2D eigenvalue weighted by atomic mass is 9.98. The molecule has 1 aromatic carbocycles. The molecule has 2 N–H and O–H groups in total. The molecule has 174 valence electrons. The molecule has 32 heavy (non-hydrogen) atoms. The fourth-order valence-electron chi connectivity index (χ4n) is 3.99. The Labute approximate surface area is 183 Å². The predicted molar refractivity (Wildman–Crippen MR) is 107 cm³/mol. The molecule has 12 nitrogen and oxygen atoms in total. The second-order valence-electron chi connectivity index (χ2n) is 8.66. The number of fused-ring (bicyclic) bond motifs is 3. The zero-order chi connectivity index (χ0) is 23.3. The summed E-state index contributed by atoms with van der Waals surface area (Å²) in [7, 11) is 0. The van der Waals surface area contributed by atoms with Gasteiger partial charge in [-0.3, -0.25) is 19.7 Å². The van der Waals surface area contributed by atoms with Gasteiger partial charge in [0.1, 0.15) is 18.3 Å². The van der Waals surface area contributed by atoms with Gasteiger partial charge in [0, 0.05) is 17.8 Å². The Balaban J connectivity index is 1.40. The van der Waals surface area contributed by atoms with Crippen LogP contribution in [0.3, 0.4) is 0 Å². The number of nitro groups is 1. The molecule has 12 heteroatoms. The van der Waals surface area contributed by atoms with Gasteiger partial charge in [0.2, 0.25) is 5.91 Å². The Kier molecular flexibility index (Phi) is 5.67. The van der Waals surface area contributed by atoms with Gasteiger partial charge >= 0.3 is 0 Å². The van der Waals surface area contributed by atoms with Crippen LogP contribution in [0.2, 0.25) is 0 Å². The molecule has 0 radical (unpaired) electrons. The highest BCUT2D eigenvalue weighted by atomic mass is 16.9. The molecule has 3 heterocycles. The summed E-state index contributed by atoms with van der Waals surface area (Å²) in [6.45, 7) is 6.54. The van der Waals surface area contributed by atoms with Crippen molar-refractivity contribution in [3.63, 3.8) is 0 Å². The van der Waals surface area contributed by atoms with Crippen LogP contribution in [-0.4, -0.2) is 65.6 Å². The molecule has 3 aliphatic rings. The molecule has 0 aromatic heterocycles. The van der Waals surface area contributed by atoms with Crippen LogP contribution in [-0.2, 0) is 33.3 Å². The molecule has 0 aliphatic carbocycles. The Morgan fingerprint density at radius 3 is 2.41 bits per heavy atom. The number of carbonyl (C=O) groups is 2. The quantitative estimate of drug-likeness (QED) is 0.495. The minimum Gasteiger partial charge on any atom is -0.345 e. The van der Waals surface area contributed by atoms with E-state index in [9.17, 15) is 19.7 Å². The lowest BCUT2D eigenvalue weighted by molar-refractivity contribution is -0.384. The van der Waals surface area contributed by atoms with Crippen LogP contribution in [0.5, 0.6) is 0 Å². The smallest absolute Gasteiger partial charge is 0.271 e. The van der Waals surface area contributed by atoms with Crippen molar-refractivity contribution in [3.8, 4) is 0 Å². The van der Waals surface area contributed by atoms with Crippen molar-refractivity contribution >= 4 is 23.2 Å². The van der Waals surface area contributed by atoms with Crippen LogP contribution in [0.4, 0.5) is 11.4 Å². The van der Waals surface area contributed by atoms with Gasteiger partial charge in [-0.05, 0) is 33.8 Å². The first-order valence-corrected chi connectivity index (χ1v) is 10.1. The first-order valence-electron chi connectivity index (χ1n) is 10.1. The van der Waals surface area contributed by atoms with Gasteiger partial charge in [-0.2, -0.15) is 0 Å².